The van der Waals surface area contributed by atoms with Crippen molar-refractivity contribution in [2.24, 2.45) is 16.5 Å². The number of aliphatic imine (C=N–C) groups is 1. The van der Waals surface area contributed by atoms with Gasteiger partial charge in [-0.2, -0.15) is 18.3 Å². The molecule has 0 aliphatic carbocycles. The molecular weight excluding hydrogens is 321 g/mol. The number of aromatic nitrogens is 2. The second-order valence-corrected chi connectivity index (χ2v) is 5.49. The van der Waals surface area contributed by atoms with Crippen LogP contribution in [0.15, 0.2) is 47.2 Å². The van der Waals surface area contributed by atoms with E-state index in [0.717, 1.165) is 11.8 Å². The molecule has 24 heavy (non-hydrogen) atoms. The lowest BCUT2D eigenvalue weighted by molar-refractivity contribution is -0.137. The predicted molar refractivity (Wildman–Crippen MR) is 82.6 cm³/mol. The van der Waals surface area contributed by atoms with Gasteiger partial charge in [0.05, 0.1) is 5.56 Å². The van der Waals surface area contributed by atoms with Gasteiger partial charge in [-0.05, 0) is 19.1 Å². The third kappa shape index (κ3) is 2.85. The van der Waals surface area contributed by atoms with Gasteiger partial charge < -0.3 is 11.1 Å². The zero-order chi connectivity index (χ0) is 17.5. The van der Waals surface area contributed by atoms with Crippen LogP contribution in [0.3, 0.4) is 0 Å². The van der Waals surface area contributed by atoms with E-state index in [1.54, 1.807) is 13.0 Å². The highest BCUT2D eigenvalue weighted by Gasteiger charge is 2.37. The average molecular weight is 336 g/mol. The van der Waals surface area contributed by atoms with Crippen molar-refractivity contribution in [1.82, 2.24) is 15.5 Å². The van der Waals surface area contributed by atoms with Crippen molar-refractivity contribution in [2.45, 2.75) is 18.8 Å². The molecule has 1 atom stereocenters. The van der Waals surface area contributed by atoms with E-state index in [1.165, 1.54) is 24.3 Å². The number of hydrogen-bond acceptors (Lipinski definition) is 5. The molecule has 2 aromatic rings. The summed E-state index contributed by atoms with van der Waals surface area (Å²) in [5.74, 6) is 0.0335. The SMILES string of the molecule is Cc1cc(C2(N)C=C(N)NC(c3ccccc3C(F)(F)F)=N2)n[nH]1. The molecule has 0 spiro atoms. The van der Waals surface area contributed by atoms with Gasteiger partial charge in [-0.25, -0.2) is 4.99 Å². The number of hydrogen-bond donors (Lipinski definition) is 4. The first-order valence-corrected chi connectivity index (χ1v) is 7.02. The molecule has 0 amide bonds. The van der Waals surface area contributed by atoms with Gasteiger partial charge in [0, 0.05) is 17.3 Å². The smallest absolute Gasteiger partial charge is 0.385 e. The summed E-state index contributed by atoms with van der Waals surface area (Å²) < 4.78 is 39.7. The minimum Gasteiger partial charge on any atom is -0.385 e. The van der Waals surface area contributed by atoms with Crippen LogP contribution in [0, 0.1) is 6.92 Å². The molecule has 1 aliphatic rings. The van der Waals surface area contributed by atoms with Gasteiger partial charge in [0.2, 0.25) is 0 Å². The zero-order valence-corrected chi connectivity index (χ0v) is 12.6. The maximum Gasteiger partial charge on any atom is 0.417 e. The number of nitrogens with two attached hydrogens (primary N) is 2. The zero-order valence-electron chi connectivity index (χ0n) is 12.6. The monoisotopic (exact) mass is 336 g/mol. The fraction of sp³-hybridized carbons (Fsp3) is 0.200. The number of nitrogens with zero attached hydrogens (tertiary/aromatic N) is 2. The summed E-state index contributed by atoms with van der Waals surface area (Å²) in [4.78, 5) is 4.24. The molecule has 1 aromatic carbocycles. The highest BCUT2D eigenvalue weighted by molar-refractivity contribution is 6.02. The Morgan fingerprint density at radius 1 is 1.21 bits per heavy atom. The summed E-state index contributed by atoms with van der Waals surface area (Å²) in [6.45, 7) is 1.78. The molecule has 126 valence electrons. The second-order valence-electron chi connectivity index (χ2n) is 5.49. The molecule has 0 radical (unpaired) electrons. The van der Waals surface area contributed by atoms with Gasteiger partial charge in [0.1, 0.15) is 17.4 Å². The Balaban J connectivity index is 2.13. The first-order valence-electron chi connectivity index (χ1n) is 7.02. The quantitative estimate of drug-likeness (QED) is 0.670. The molecule has 1 aliphatic heterocycles. The van der Waals surface area contributed by atoms with Crippen LogP contribution in [0.25, 0.3) is 0 Å². The molecule has 9 heteroatoms. The number of aryl methyl sites for hydroxylation is 1. The van der Waals surface area contributed by atoms with E-state index in [1.807, 2.05) is 0 Å². The Labute approximate surface area is 135 Å². The largest absolute Gasteiger partial charge is 0.417 e. The summed E-state index contributed by atoms with van der Waals surface area (Å²) in [5.41, 5.74) is 10.7. The Hall–Kier alpha value is -2.81. The van der Waals surface area contributed by atoms with Crippen LogP contribution >= 0.6 is 0 Å². The first kappa shape index (κ1) is 16.1. The average Bonchev–Trinajstić information content (AvgIpc) is 2.93. The van der Waals surface area contributed by atoms with Crippen LogP contribution in [0.5, 0.6) is 0 Å². The predicted octanol–water partition coefficient (Wildman–Crippen LogP) is 1.70. The highest BCUT2D eigenvalue weighted by Crippen LogP contribution is 2.33. The molecule has 1 unspecified atom stereocenters. The van der Waals surface area contributed by atoms with Crippen molar-refractivity contribution in [3.63, 3.8) is 0 Å². The molecule has 0 saturated heterocycles. The number of aromatic amines is 1. The van der Waals surface area contributed by atoms with E-state index in [-0.39, 0.29) is 17.2 Å². The van der Waals surface area contributed by atoms with Crippen LogP contribution in [0.4, 0.5) is 13.2 Å². The van der Waals surface area contributed by atoms with Gasteiger partial charge in [-0.3, -0.25) is 10.8 Å². The molecule has 0 bridgehead atoms. The summed E-state index contributed by atoms with van der Waals surface area (Å²) >= 11 is 0. The maximum atomic E-state index is 13.2. The van der Waals surface area contributed by atoms with Gasteiger partial charge in [0.25, 0.3) is 0 Å². The molecule has 0 saturated carbocycles. The minimum absolute atomic E-state index is 0.0638. The first-order chi connectivity index (χ1) is 11.2. The number of rotatable bonds is 2. The summed E-state index contributed by atoms with van der Waals surface area (Å²) in [7, 11) is 0. The van der Waals surface area contributed by atoms with Crippen LogP contribution in [0.2, 0.25) is 0 Å². The van der Waals surface area contributed by atoms with Crippen LogP contribution in [-0.2, 0) is 11.8 Å². The van der Waals surface area contributed by atoms with Gasteiger partial charge in [0.15, 0.2) is 5.66 Å². The lowest BCUT2D eigenvalue weighted by Crippen LogP contribution is -2.44. The van der Waals surface area contributed by atoms with E-state index >= 15 is 0 Å². The number of halogens is 3. The maximum absolute atomic E-state index is 13.2. The lowest BCUT2D eigenvalue weighted by Gasteiger charge is -2.28. The van der Waals surface area contributed by atoms with Crippen molar-refractivity contribution < 1.29 is 13.2 Å². The number of H-pyrrole nitrogens is 1. The van der Waals surface area contributed by atoms with E-state index in [0.29, 0.717) is 5.69 Å². The fourth-order valence-electron chi connectivity index (χ4n) is 2.47. The second kappa shape index (κ2) is 5.38. The fourth-order valence-corrected chi connectivity index (χ4v) is 2.47. The van der Waals surface area contributed by atoms with Crippen LogP contribution < -0.4 is 16.8 Å². The van der Waals surface area contributed by atoms with Crippen molar-refractivity contribution in [1.29, 1.82) is 0 Å². The van der Waals surface area contributed by atoms with E-state index < -0.39 is 17.4 Å². The molecule has 6 N–H and O–H groups in total. The van der Waals surface area contributed by atoms with Gasteiger partial charge in [-0.1, -0.05) is 18.2 Å². The van der Waals surface area contributed by atoms with E-state index in [2.05, 4.69) is 20.5 Å². The standard InChI is InChI=1S/C15H15F3N6/c1-8-6-11(24-23-8)14(20)7-12(19)21-13(22-14)9-4-2-3-5-10(9)15(16,17)18/h2-7H,19-20H2,1H3,(H,21,22)(H,23,24). The summed E-state index contributed by atoms with van der Waals surface area (Å²) in [6, 6.07) is 6.74. The van der Waals surface area contributed by atoms with Crippen LogP contribution in [0.1, 0.15) is 22.5 Å². The van der Waals surface area contributed by atoms with E-state index in [4.69, 9.17) is 11.5 Å². The van der Waals surface area contributed by atoms with Crippen molar-refractivity contribution in [3.8, 4) is 0 Å². The summed E-state index contributed by atoms with van der Waals surface area (Å²) in [6.07, 6.45) is -3.13. The number of nitrogens with one attached hydrogen (secondary N) is 2. The molecular formula is C15H15F3N6. The molecule has 2 heterocycles. The van der Waals surface area contributed by atoms with Gasteiger partial charge in [-0.15, -0.1) is 0 Å². The van der Waals surface area contributed by atoms with E-state index in [9.17, 15) is 13.2 Å². The summed E-state index contributed by atoms with van der Waals surface area (Å²) in [5, 5.41) is 9.41. The Morgan fingerprint density at radius 2 is 1.92 bits per heavy atom. The van der Waals surface area contributed by atoms with Gasteiger partial charge >= 0.3 is 6.18 Å². The normalized spacial score (nSPS) is 21.0. The highest BCUT2D eigenvalue weighted by atomic mass is 19.4. The molecule has 0 fully saturated rings. The molecule has 6 nitrogen and oxygen atoms in total. The third-order valence-corrected chi connectivity index (χ3v) is 3.54. The minimum atomic E-state index is -4.53. The lowest BCUT2D eigenvalue weighted by atomic mass is 10.0. The number of amidine groups is 1. The van der Waals surface area contributed by atoms with Crippen LogP contribution in [-0.4, -0.2) is 16.0 Å². The third-order valence-electron chi connectivity index (χ3n) is 3.54. The molecule has 1 aromatic heterocycles. The Morgan fingerprint density at radius 3 is 2.54 bits per heavy atom. The number of benzene rings is 1. The Bertz CT molecular complexity index is 836. The van der Waals surface area contributed by atoms with Crippen molar-refractivity contribution in [3.05, 3.63) is 64.7 Å². The topological polar surface area (TPSA) is 105 Å². The number of alkyl halides is 3. The Kier molecular flexibility index (Phi) is 3.60. The van der Waals surface area contributed by atoms with Crippen molar-refractivity contribution >= 4 is 5.84 Å². The van der Waals surface area contributed by atoms with Crippen molar-refractivity contribution in [2.75, 3.05) is 0 Å². The molecule has 3 rings (SSSR count).